The molecule has 3 atom stereocenters. The number of hydrogen-bond donors (Lipinski definition) is 2. The van der Waals surface area contributed by atoms with Crippen molar-refractivity contribution in [2.45, 2.75) is 62.8 Å². The molecule has 14 heteroatoms. The van der Waals surface area contributed by atoms with Crippen molar-refractivity contribution in [1.29, 1.82) is 5.26 Å². The summed E-state index contributed by atoms with van der Waals surface area (Å²) in [4.78, 5) is 14.2. The van der Waals surface area contributed by atoms with Crippen molar-refractivity contribution in [2.24, 2.45) is 7.05 Å². The van der Waals surface area contributed by atoms with Crippen LogP contribution in [-0.2, 0) is 17.2 Å². The molecule has 3 N–H and O–H groups in total. The Labute approximate surface area is 280 Å². The summed E-state index contributed by atoms with van der Waals surface area (Å²) >= 11 is 1.06. The second-order valence-corrected chi connectivity index (χ2v) is 15.5. The van der Waals surface area contributed by atoms with Gasteiger partial charge in [-0.1, -0.05) is 0 Å². The molecule has 0 unspecified atom stereocenters. The van der Waals surface area contributed by atoms with Crippen LogP contribution in [0, 0.1) is 17.1 Å². The van der Waals surface area contributed by atoms with Gasteiger partial charge in [-0.2, -0.15) is 20.3 Å². The van der Waals surface area contributed by atoms with Gasteiger partial charge in [0.05, 0.1) is 52.5 Å². The highest BCUT2D eigenvalue weighted by Gasteiger charge is 2.50. The minimum atomic E-state index is -1.14. The summed E-state index contributed by atoms with van der Waals surface area (Å²) in [6.45, 7) is 8.67. The van der Waals surface area contributed by atoms with E-state index in [1.165, 1.54) is 6.07 Å². The number of nitrogens with two attached hydrogens (primary N) is 1. The van der Waals surface area contributed by atoms with Gasteiger partial charge in [-0.15, -0.1) is 11.3 Å². The van der Waals surface area contributed by atoms with E-state index in [-0.39, 0.29) is 41.9 Å². The van der Waals surface area contributed by atoms with Gasteiger partial charge in [-0.05, 0) is 52.3 Å². The van der Waals surface area contributed by atoms with Crippen molar-refractivity contribution in [2.75, 3.05) is 56.6 Å². The van der Waals surface area contributed by atoms with Gasteiger partial charge in [0.25, 0.3) is 0 Å². The standard InChI is InChI=1S/C34H38F2N8O3S/c1-32(2)24-25(41-42(4)26(24)19-6-7-21(36)27-22(19)20(13-37)29(38)48-27)23-28(32)39-31(40-30(23)43-10-11-46-16-33(3,45)15-43)47-17-34-8-5-9-44(34)14-18(35)12-34/h6-7,18,45H,5,8-12,14-17,38H2,1-4H3/t18-,33+,34+/m1/s1. The molecule has 3 saturated heterocycles. The van der Waals surface area contributed by atoms with Crippen molar-refractivity contribution in [3.8, 4) is 34.6 Å². The minimum absolute atomic E-state index is 0.179. The molecule has 252 valence electrons. The molecule has 48 heavy (non-hydrogen) atoms. The Kier molecular flexibility index (Phi) is 7.06. The van der Waals surface area contributed by atoms with Crippen molar-refractivity contribution >= 4 is 32.2 Å². The van der Waals surface area contributed by atoms with E-state index in [9.17, 15) is 14.8 Å². The van der Waals surface area contributed by atoms with E-state index in [1.54, 1.807) is 17.7 Å². The fraction of sp³-hybridized carbons (Fsp3) is 0.529. The van der Waals surface area contributed by atoms with Crippen LogP contribution in [0.3, 0.4) is 0 Å². The van der Waals surface area contributed by atoms with Gasteiger partial charge in [0.2, 0.25) is 0 Å². The number of rotatable bonds is 5. The molecule has 11 nitrogen and oxygen atoms in total. The molecular weight excluding hydrogens is 638 g/mol. The molecule has 0 radical (unpaired) electrons. The maximum Gasteiger partial charge on any atom is 0.318 e. The zero-order chi connectivity index (χ0) is 33.7. The van der Waals surface area contributed by atoms with Crippen LogP contribution in [0.1, 0.15) is 56.9 Å². The molecule has 8 rings (SSSR count). The summed E-state index contributed by atoms with van der Waals surface area (Å²) in [7, 11) is 1.83. The number of nitrogens with zero attached hydrogens (tertiary/aromatic N) is 7. The number of nitrogen functional groups attached to an aromatic ring is 1. The monoisotopic (exact) mass is 676 g/mol. The molecule has 0 saturated carbocycles. The van der Waals surface area contributed by atoms with Crippen molar-refractivity contribution in [3.63, 3.8) is 0 Å². The Morgan fingerprint density at radius 3 is 2.85 bits per heavy atom. The summed E-state index contributed by atoms with van der Waals surface area (Å²) in [5.74, 6) is 0.120. The van der Waals surface area contributed by atoms with Crippen molar-refractivity contribution in [3.05, 3.63) is 34.8 Å². The first-order chi connectivity index (χ1) is 22.8. The van der Waals surface area contributed by atoms with Crippen LogP contribution in [0.4, 0.5) is 19.6 Å². The number of thiophene rings is 1. The normalized spacial score (nSPS) is 26.4. The van der Waals surface area contributed by atoms with Crippen LogP contribution < -0.4 is 15.4 Å². The molecular formula is C34H38F2N8O3S. The zero-order valence-corrected chi connectivity index (χ0v) is 28.3. The number of halogens is 2. The molecule has 3 aliphatic heterocycles. The number of aromatic nitrogens is 4. The number of β-amino-alcohol motifs (C(OH)–C–C–N with tert-alkyl or cyclic N) is 1. The van der Waals surface area contributed by atoms with Gasteiger partial charge in [0.1, 0.15) is 46.8 Å². The first-order valence-electron chi connectivity index (χ1n) is 16.3. The van der Waals surface area contributed by atoms with Gasteiger partial charge in [-0.3, -0.25) is 9.58 Å². The van der Waals surface area contributed by atoms with Gasteiger partial charge in [0, 0.05) is 48.5 Å². The highest BCUT2D eigenvalue weighted by molar-refractivity contribution is 7.23. The lowest BCUT2D eigenvalue weighted by Crippen LogP contribution is -2.44. The van der Waals surface area contributed by atoms with Gasteiger partial charge in [-0.25, -0.2) is 8.78 Å². The van der Waals surface area contributed by atoms with Crippen LogP contribution in [0.25, 0.3) is 32.6 Å². The van der Waals surface area contributed by atoms with Crippen molar-refractivity contribution < 1.29 is 23.4 Å². The molecule has 1 aromatic carbocycles. The summed E-state index contributed by atoms with van der Waals surface area (Å²) in [5, 5.41) is 27.0. The largest absolute Gasteiger partial charge is 0.461 e. The maximum atomic E-state index is 15.1. The molecule has 0 bridgehead atoms. The highest BCUT2D eigenvalue weighted by atomic mass is 32.1. The Balaban J connectivity index is 1.30. The van der Waals surface area contributed by atoms with E-state index in [1.807, 2.05) is 11.9 Å². The van der Waals surface area contributed by atoms with Crippen LogP contribution in [0.2, 0.25) is 0 Å². The number of ether oxygens (including phenoxy) is 2. The van der Waals surface area contributed by atoms with Gasteiger partial charge < -0.3 is 25.2 Å². The number of hydrogen-bond acceptors (Lipinski definition) is 11. The van der Waals surface area contributed by atoms with Crippen LogP contribution >= 0.6 is 11.3 Å². The smallest absolute Gasteiger partial charge is 0.318 e. The lowest BCUT2D eigenvalue weighted by atomic mass is 9.83. The molecule has 4 aliphatic rings. The number of anilines is 2. The van der Waals surface area contributed by atoms with E-state index in [0.29, 0.717) is 64.7 Å². The van der Waals surface area contributed by atoms with E-state index in [2.05, 4.69) is 24.8 Å². The second kappa shape index (κ2) is 10.8. The van der Waals surface area contributed by atoms with E-state index in [4.69, 9.17) is 30.3 Å². The van der Waals surface area contributed by atoms with Crippen LogP contribution in [0.15, 0.2) is 12.1 Å². The fourth-order valence-corrected chi connectivity index (χ4v) is 9.39. The van der Waals surface area contributed by atoms with E-state index < -0.39 is 23.0 Å². The number of alkyl halides is 1. The molecule has 4 aromatic rings. The quantitative estimate of drug-likeness (QED) is 0.310. The lowest BCUT2D eigenvalue weighted by molar-refractivity contribution is -0.0123. The topological polar surface area (TPSA) is 139 Å². The van der Waals surface area contributed by atoms with Gasteiger partial charge in [0.15, 0.2) is 0 Å². The SMILES string of the molecule is Cn1nc2c(c1-c1ccc(F)c3sc(N)c(C#N)c13)C(C)(C)c1nc(OC[C@@]34CCCN3C[C@H](F)C4)nc(N3CCOC[C@@](C)(O)C3)c1-2. The molecule has 6 heterocycles. The third-order valence-electron chi connectivity index (χ3n) is 10.5. The molecule has 0 spiro atoms. The Hall–Kier alpha value is -3.90. The number of fused-ring (bicyclic) bond motifs is 5. The first-order valence-corrected chi connectivity index (χ1v) is 17.1. The number of aliphatic hydroxyl groups is 1. The summed E-state index contributed by atoms with van der Waals surface area (Å²) < 4.78 is 43.9. The second-order valence-electron chi connectivity index (χ2n) is 14.5. The predicted octanol–water partition coefficient (Wildman–Crippen LogP) is 4.53. The number of benzene rings is 1. The molecule has 3 aromatic heterocycles. The third-order valence-corrected chi connectivity index (χ3v) is 11.6. The Morgan fingerprint density at radius 1 is 1.25 bits per heavy atom. The molecule has 3 fully saturated rings. The highest BCUT2D eigenvalue weighted by Crippen LogP contribution is 2.55. The maximum absolute atomic E-state index is 15.1. The Bertz CT molecular complexity index is 2020. The van der Waals surface area contributed by atoms with Crippen molar-refractivity contribution in [1.82, 2.24) is 24.6 Å². The summed E-state index contributed by atoms with van der Waals surface area (Å²) in [6, 6.07) is 5.44. The summed E-state index contributed by atoms with van der Waals surface area (Å²) in [6.07, 6.45) is 1.38. The Morgan fingerprint density at radius 2 is 2.06 bits per heavy atom. The summed E-state index contributed by atoms with van der Waals surface area (Å²) in [5.41, 5.74) is 8.47. The first kappa shape index (κ1) is 31.4. The predicted molar refractivity (Wildman–Crippen MR) is 178 cm³/mol. The van der Waals surface area contributed by atoms with E-state index >= 15 is 4.39 Å². The average molecular weight is 677 g/mol. The molecule has 0 amide bonds. The average Bonchev–Trinajstić information content (AvgIpc) is 3.77. The lowest BCUT2D eigenvalue weighted by Gasteiger charge is -2.32. The van der Waals surface area contributed by atoms with Crippen LogP contribution in [0.5, 0.6) is 6.01 Å². The third kappa shape index (κ3) is 4.62. The van der Waals surface area contributed by atoms with Gasteiger partial charge >= 0.3 is 6.01 Å². The molecule has 1 aliphatic carbocycles. The number of aryl methyl sites for hydroxylation is 1. The van der Waals surface area contributed by atoms with Crippen LogP contribution in [-0.4, -0.2) is 93.1 Å². The zero-order valence-electron chi connectivity index (χ0n) is 27.4. The fourth-order valence-electron chi connectivity index (χ4n) is 8.44. The number of nitriles is 1. The minimum Gasteiger partial charge on any atom is -0.461 e. The van der Waals surface area contributed by atoms with E-state index in [0.717, 1.165) is 41.9 Å².